The molecule has 1 aromatic rings. The van der Waals surface area contributed by atoms with E-state index in [2.05, 4.69) is 0 Å². The maximum Gasteiger partial charge on any atom is 0.392 e. The first-order chi connectivity index (χ1) is 14.0. The molecule has 1 aliphatic rings. The van der Waals surface area contributed by atoms with Crippen molar-refractivity contribution in [2.75, 3.05) is 19.7 Å². The highest BCUT2D eigenvalue weighted by molar-refractivity contribution is 6.19. The van der Waals surface area contributed by atoms with E-state index in [1.54, 1.807) is 19.1 Å². The summed E-state index contributed by atoms with van der Waals surface area (Å²) in [5.41, 5.74) is 0.721. The molecule has 0 atom stereocenters. The van der Waals surface area contributed by atoms with Crippen LogP contribution in [0.3, 0.4) is 0 Å². The summed E-state index contributed by atoms with van der Waals surface area (Å²) in [5.74, 6) is -3.14. The molecule has 1 aliphatic heterocycles. The van der Waals surface area contributed by atoms with E-state index in [9.17, 15) is 32.7 Å². The summed E-state index contributed by atoms with van der Waals surface area (Å²) in [7, 11) is 0. The Hall–Kier alpha value is -3.24. The van der Waals surface area contributed by atoms with Gasteiger partial charge < -0.3 is 25.2 Å². The summed E-state index contributed by atoms with van der Waals surface area (Å²) in [5, 5.41) is 20.6. The van der Waals surface area contributed by atoms with Crippen molar-refractivity contribution >= 4 is 17.8 Å². The molecule has 8 nitrogen and oxygen atoms in total. The van der Waals surface area contributed by atoms with E-state index in [1.807, 2.05) is 5.32 Å². The van der Waals surface area contributed by atoms with Crippen molar-refractivity contribution in [3.63, 3.8) is 0 Å². The summed E-state index contributed by atoms with van der Waals surface area (Å²) >= 11 is 0. The van der Waals surface area contributed by atoms with Gasteiger partial charge >= 0.3 is 12.1 Å². The van der Waals surface area contributed by atoms with Gasteiger partial charge in [0.05, 0.1) is 13.0 Å². The number of carbonyl (C=O) groups excluding carboxylic acids is 2. The predicted molar refractivity (Wildman–Crippen MR) is 97.7 cm³/mol. The molecule has 2 rings (SSSR count). The molecular weight excluding hydrogens is 409 g/mol. The molecule has 1 heterocycles. The molecule has 11 heteroatoms. The Kier molecular flexibility index (Phi) is 7.30. The smallest absolute Gasteiger partial charge is 0.392 e. The van der Waals surface area contributed by atoms with E-state index in [1.165, 1.54) is 11.0 Å². The summed E-state index contributed by atoms with van der Waals surface area (Å²) in [6, 6.07) is 4.74. The van der Waals surface area contributed by atoms with Gasteiger partial charge in [0.2, 0.25) is 0 Å². The monoisotopic (exact) mass is 430 g/mol. The number of hydrogen-bond donors (Lipinski definition) is 3. The molecule has 0 aliphatic carbocycles. The highest BCUT2D eigenvalue weighted by atomic mass is 19.4. The van der Waals surface area contributed by atoms with Gasteiger partial charge in [-0.3, -0.25) is 14.4 Å². The third kappa shape index (κ3) is 6.39. The first kappa shape index (κ1) is 23.0. The molecule has 2 amide bonds. The topological polar surface area (TPSA) is 116 Å². The molecule has 0 bridgehead atoms. The number of ether oxygens (including phenoxy) is 1. The number of halogens is 3. The zero-order valence-electron chi connectivity index (χ0n) is 16.1. The average molecular weight is 430 g/mol. The number of nitrogens with zero attached hydrogens (tertiary/aromatic N) is 1. The number of aliphatic hydroxyl groups is 1. The van der Waals surface area contributed by atoms with E-state index in [0.717, 1.165) is 0 Å². The minimum absolute atomic E-state index is 0.0270. The van der Waals surface area contributed by atoms with Crippen molar-refractivity contribution in [1.29, 1.82) is 0 Å². The van der Waals surface area contributed by atoms with Crippen LogP contribution in [0.25, 0.3) is 0 Å². The van der Waals surface area contributed by atoms with Gasteiger partial charge in [-0.15, -0.1) is 0 Å². The van der Waals surface area contributed by atoms with Crippen molar-refractivity contribution in [3.05, 3.63) is 40.7 Å². The summed E-state index contributed by atoms with van der Waals surface area (Å²) in [6.45, 7) is 0.681. The molecule has 0 fully saturated rings. The second-order valence-electron chi connectivity index (χ2n) is 6.69. The standard InChI is InChI=1S/C19H21F3N2O6/c1-11-8-12(2-3-14(11)30-7-5-19(20,21)22)10-24-6-4-13(25)16(18(24)29)17(28)23-9-15(26)27/h2-3,8,25H,4-7,9-10H2,1H3,(H,23,28)(H,26,27). The number of rotatable bonds is 8. The largest absolute Gasteiger partial charge is 0.511 e. The lowest BCUT2D eigenvalue weighted by atomic mass is 10.0. The second kappa shape index (κ2) is 9.51. The normalized spacial score (nSPS) is 14.7. The molecular formula is C19H21F3N2O6. The first-order valence-corrected chi connectivity index (χ1v) is 8.98. The number of carboxylic acids is 1. The van der Waals surface area contributed by atoms with Gasteiger partial charge in [0.1, 0.15) is 23.6 Å². The van der Waals surface area contributed by atoms with Gasteiger partial charge in [-0.05, 0) is 24.1 Å². The zero-order chi connectivity index (χ0) is 22.5. The van der Waals surface area contributed by atoms with Gasteiger partial charge in [0, 0.05) is 19.5 Å². The summed E-state index contributed by atoms with van der Waals surface area (Å²) in [4.78, 5) is 36.5. The van der Waals surface area contributed by atoms with Crippen LogP contribution in [-0.4, -0.2) is 58.8 Å². The number of alkyl halides is 3. The lowest BCUT2D eigenvalue weighted by Crippen LogP contribution is -2.43. The minimum Gasteiger partial charge on any atom is -0.511 e. The van der Waals surface area contributed by atoms with Crippen LogP contribution >= 0.6 is 0 Å². The number of aliphatic carboxylic acids is 1. The third-order valence-corrected chi connectivity index (χ3v) is 4.29. The van der Waals surface area contributed by atoms with Crippen molar-refractivity contribution in [2.45, 2.75) is 32.5 Å². The zero-order valence-corrected chi connectivity index (χ0v) is 16.1. The fraction of sp³-hybridized carbons (Fsp3) is 0.421. The number of hydrogen-bond acceptors (Lipinski definition) is 5. The number of benzene rings is 1. The Bertz CT molecular complexity index is 866. The fourth-order valence-corrected chi connectivity index (χ4v) is 2.84. The van der Waals surface area contributed by atoms with Gasteiger partial charge in [-0.1, -0.05) is 12.1 Å². The SMILES string of the molecule is Cc1cc(CN2CCC(O)=C(C(=O)NCC(=O)O)C2=O)ccc1OCCC(F)(F)F. The minimum atomic E-state index is -4.31. The molecule has 0 saturated heterocycles. The molecule has 30 heavy (non-hydrogen) atoms. The molecule has 0 saturated carbocycles. The van der Waals surface area contributed by atoms with Crippen molar-refractivity contribution in [2.24, 2.45) is 0 Å². The maximum absolute atomic E-state index is 12.6. The Morgan fingerprint density at radius 3 is 2.60 bits per heavy atom. The Morgan fingerprint density at radius 2 is 2.00 bits per heavy atom. The Balaban J connectivity index is 2.04. The van der Waals surface area contributed by atoms with E-state index in [0.29, 0.717) is 16.9 Å². The van der Waals surface area contributed by atoms with Crippen molar-refractivity contribution < 1.29 is 42.5 Å². The van der Waals surface area contributed by atoms with Crippen LogP contribution in [-0.2, 0) is 20.9 Å². The van der Waals surface area contributed by atoms with E-state index < -0.39 is 54.9 Å². The van der Waals surface area contributed by atoms with Crippen LogP contribution in [0, 0.1) is 6.92 Å². The number of aryl methyl sites for hydroxylation is 1. The van der Waals surface area contributed by atoms with Gasteiger partial charge in [-0.25, -0.2) is 0 Å². The van der Waals surface area contributed by atoms with E-state index in [4.69, 9.17) is 9.84 Å². The molecule has 0 radical (unpaired) electrons. The lowest BCUT2D eigenvalue weighted by Gasteiger charge is -2.28. The quantitative estimate of drug-likeness (QED) is 0.544. The lowest BCUT2D eigenvalue weighted by molar-refractivity contribution is -0.139. The number of amides is 2. The molecule has 164 valence electrons. The van der Waals surface area contributed by atoms with Crippen molar-refractivity contribution in [3.8, 4) is 5.75 Å². The number of carboxylic acid groups (broad SMARTS) is 1. The van der Waals surface area contributed by atoms with Crippen LogP contribution in [0.5, 0.6) is 5.75 Å². The second-order valence-corrected chi connectivity index (χ2v) is 6.69. The van der Waals surface area contributed by atoms with Gasteiger partial charge in [-0.2, -0.15) is 13.2 Å². The first-order valence-electron chi connectivity index (χ1n) is 8.98. The molecule has 0 aromatic heterocycles. The molecule has 3 N–H and O–H groups in total. The number of carbonyl (C=O) groups is 3. The average Bonchev–Trinajstić information content (AvgIpc) is 2.63. The summed E-state index contributed by atoms with van der Waals surface area (Å²) in [6.07, 6.45) is -5.35. The third-order valence-electron chi connectivity index (χ3n) is 4.29. The van der Waals surface area contributed by atoms with Crippen LogP contribution in [0.1, 0.15) is 24.0 Å². The molecule has 1 aromatic carbocycles. The molecule has 0 spiro atoms. The van der Waals surface area contributed by atoms with E-state index >= 15 is 0 Å². The molecule has 0 unspecified atom stereocenters. The predicted octanol–water partition coefficient (Wildman–Crippen LogP) is 2.07. The van der Waals surface area contributed by atoms with Gasteiger partial charge in [0.25, 0.3) is 11.8 Å². The van der Waals surface area contributed by atoms with Crippen LogP contribution in [0.4, 0.5) is 13.2 Å². The Labute approximate surface area is 169 Å². The summed E-state index contributed by atoms with van der Waals surface area (Å²) < 4.78 is 41.8. The van der Waals surface area contributed by atoms with Crippen LogP contribution < -0.4 is 10.1 Å². The van der Waals surface area contributed by atoms with Crippen LogP contribution in [0.2, 0.25) is 0 Å². The maximum atomic E-state index is 12.6. The van der Waals surface area contributed by atoms with Gasteiger partial charge in [0.15, 0.2) is 0 Å². The van der Waals surface area contributed by atoms with E-state index in [-0.39, 0.29) is 19.5 Å². The van der Waals surface area contributed by atoms with Crippen LogP contribution in [0.15, 0.2) is 29.5 Å². The number of aliphatic hydroxyl groups excluding tert-OH is 1. The van der Waals surface area contributed by atoms with Crippen molar-refractivity contribution in [1.82, 2.24) is 10.2 Å². The highest BCUT2D eigenvalue weighted by Gasteiger charge is 2.32. The Morgan fingerprint density at radius 1 is 1.30 bits per heavy atom. The fourth-order valence-electron chi connectivity index (χ4n) is 2.84. The number of nitrogens with one attached hydrogen (secondary N) is 1. The highest BCUT2D eigenvalue weighted by Crippen LogP contribution is 2.25.